The molecule has 0 saturated heterocycles. The van der Waals surface area contributed by atoms with Crippen LogP contribution in [0.1, 0.15) is 22.8 Å². The molecule has 24 heavy (non-hydrogen) atoms. The van der Waals surface area contributed by atoms with Gasteiger partial charge in [0.15, 0.2) is 6.10 Å². The minimum absolute atomic E-state index is 0.179. The molecule has 0 unspecified atom stereocenters. The van der Waals surface area contributed by atoms with Crippen molar-refractivity contribution in [2.24, 2.45) is 0 Å². The van der Waals surface area contributed by atoms with Crippen LogP contribution in [-0.2, 0) is 9.53 Å². The highest BCUT2D eigenvalue weighted by atomic mass is 35.5. The molecule has 0 heterocycles. The van der Waals surface area contributed by atoms with Crippen LogP contribution in [0.2, 0.25) is 5.02 Å². The summed E-state index contributed by atoms with van der Waals surface area (Å²) in [4.78, 5) is 23.9. The molecule has 0 aromatic heterocycles. The quantitative estimate of drug-likeness (QED) is 0.859. The van der Waals surface area contributed by atoms with Crippen molar-refractivity contribution in [3.63, 3.8) is 0 Å². The zero-order valence-electron chi connectivity index (χ0n) is 12.5. The van der Waals surface area contributed by atoms with Crippen molar-refractivity contribution in [1.82, 2.24) is 0 Å². The molecule has 1 atom stereocenters. The molecule has 2 rings (SSSR count). The molecule has 0 aliphatic heterocycles. The lowest BCUT2D eigenvalue weighted by Gasteiger charge is -2.14. The van der Waals surface area contributed by atoms with E-state index in [1.54, 1.807) is 12.1 Å². The fourth-order valence-electron chi connectivity index (χ4n) is 1.80. The number of carbonyl (C=O) groups is 2. The lowest BCUT2D eigenvalue weighted by Crippen LogP contribution is -2.30. The first-order chi connectivity index (χ1) is 11.4. The van der Waals surface area contributed by atoms with Crippen LogP contribution in [0, 0.1) is 17.1 Å². The summed E-state index contributed by atoms with van der Waals surface area (Å²) in [5.41, 5.74) is 0.542. The van der Waals surface area contributed by atoms with Crippen LogP contribution in [0.4, 0.5) is 10.1 Å². The molecule has 0 spiro atoms. The minimum atomic E-state index is -1.15. The molecule has 7 heteroatoms. The number of esters is 1. The third-order valence-corrected chi connectivity index (χ3v) is 3.32. The second-order valence-corrected chi connectivity index (χ2v) is 5.29. The molecular weight excluding hydrogens is 335 g/mol. The van der Waals surface area contributed by atoms with Gasteiger partial charge in [-0.1, -0.05) is 11.6 Å². The lowest BCUT2D eigenvalue weighted by molar-refractivity contribution is -0.123. The van der Waals surface area contributed by atoms with Gasteiger partial charge in [-0.05, 0) is 49.4 Å². The number of nitrogens with one attached hydrogen (secondary N) is 1. The van der Waals surface area contributed by atoms with Crippen LogP contribution in [0.3, 0.4) is 0 Å². The van der Waals surface area contributed by atoms with Crippen LogP contribution < -0.4 is 5.32 Å². The van der Waals surface area contributed by atoms with Crippen LogP contribution >= 0.6 is 11.6 Å². The summed E-state index contributed by atoms with van der Waals surface area (Å²) in [6.45, 7) is 1.36. The molecule has 1 N–H and O–H groups in total. The summed E-state index contributed by atoms with van der Waals surface area (Å²) < 4.78 is 18.6. The molecule has 1 amide bonds. The Balaban J connectivity index is 2.01. The third kappa shape index (κ3) is 4.31. The Morgan fingerprint density at radius 3 is 2.54 bits per heavy atom. The number of anilines is 1. The van der Waals surface area contributed by atoms with E-state index in [0.29, 0.717) is 11.3 Å². The van der Waals surface area contributed by atoms with E-state index in [1.165, 1.54) is 25.1 Å². The molecule has 0 bridgehead atoms. The largest absolute Gasteiger partial charge is 0.449 e. The summed E-state index contributed by atoms with van der Waals surface area (Å²) in [6, 6.07) is 11.6. The molecule has 5 nitrogen and oxygen atoms in total. The van der Waals surface area contributed by atoms with E-state index in [0.717, 1.165) is 12.1 Å². The van der Waals surface area contributed by atoms with E-state index < -0.39 is 23.8 Å². The van der Waals surface area contributed by atoms with Crippen molar-refractivity contribution < 1.29 is 18.7 Å². The van der Waals surface area contributed by atoms with Gasteiger partial charge in [0.2, 0.25) is 0 Å². The Hall–Kier alpha value is -2.91. The van der Waals surface area contributed by atoms with E-state index in [4.69, 9.17) is 21.6 Å². The molecule has 2 aromatic carbocycles. The summed E-state index contributed by atoms with van der Waals surface area (Å²) in [5.74, 6) is -2.36. The normalized spacial score (nSPS) is 11.2. The van der Waals surface area contributed by atoms with Crippen LogP contribution in [0.15, 0.2) is 42.5 Å². The predicted octanol–water partition coefficient (Wildman–Crippen LogP) is 3.53. The first kappa shape index (κ1) is 17.4. The fraction of sp³-hybridized carbons (Fsp3) is 0.118. The van der Waals surface area contributed by atoms with Gasteiger partial charge in [-0.3, -0.25) is 4.79 Å². The van der Waals surface area contributed by atoms with Crippen molar-refractivity contribution in [1.29, 1.82) is 5.26 Å². The Kier molecular flexibility index (Phi) is 5.51. The van der Waals surface area contributed by atoms with Crippen LogP contribution in [0.25, 0.3) is 0 Å². The summed E-state index contributed by atoms with van der Waals surface area (Å²) in [7, 11) is 0. The molecule has 0 aliphatic carbocycles. The molecular formula is C17H12ClFN2O3. The second-order valence-electron chi connectivity index (χ2n) is 4.85. The topological polar surface area (TPSA) is 79.2 Å². The molecule has 0 aliphatic rings. The second kappa shape index (κ2) is 7.57. The number of nitriles is 1. The third-order valence-electron chi connectivity index (χ3n) is 3.08. The zero-order valence-corrected chi connectivity index (χ0v) is 13.3. The number of hydrogen-bond donors (Lipinski definition) is 1. The molecule has 2 aromatic rings. The van der Waals surface area contributed by atoms with Crippen molar-refractivity contribution in [3.05, 3.63) is 64.4 Å². The summed E-state index contributed by atoms with van der Waals surface area (Å²) in [6.07, 6.45) is -1.15. The maximum atomic E-state index is 13.6. The molecule has 0 radical (unpaired) electrons. The van der Waals surface area contributed by atoms with Gasteiger partial charge in [0.05, 0.1) is 17.2 Å². The number of halogens is 2. The van der Waals surface area contributed by atoms with E-state index in [1.807, 2.05) is 6.07 Å². The number of amides is 1. The Bertz CT molecular complexity index is 816. The zero-order chi connectivity index (χ0) is 17.7. The van der Waals surface area contributed by atoms with Crippen molar-refractivity contribution in [2.45, 2.75) is 13.0 Å². The molecule has 0 saturated carbocycles. The van der Waals surface area contributed by atoms with Gasteiger partial charge in [0.25, 0.3) is 5.91 Å². The Labute approximate surface area is 142 Å². The summed E-state index contributed by atoms with van der Waals surface area (Å²) >= 11 is 5.72. The Morgan fingerprint density at radius 2 is 1.92 bits per heavy atom. The number of benzene rings is 2. The average Bonchev–Trinajstić information content (AvgIpc) is 2.57. The van der Waals surface area contributed by atoms with E-state index in [-0.39, 0.29) is 10.6 Å². The summed E-state index contributed by atoms with van der Waals surface area (Å²) in [5, 5.41) is 11.4. The van der Waals surface area contributed by atoms with Crippen LogP contribution in [-0.4, -0.2) is 18.0 Å². The SMILES string of the molecule is C[C@H](OC(=O)c1cc(Cl)ccc1F)C(=O)Nc1ccc(C#N)cc1. The number of carbonyl (C=O) groups excluding carboxylic acids is 2. The monoisotopic (exact) mass is 346 g/mol. The van der Waals surface area contributed by atoms with Crippen molar-refractivity contribution >= 4 is 29.2 Å². The van der Waals surface area contributed by atoms with Crippen molar-refractivity contribution in [2.75, 3.05) is 5.32 Å². The standard InChI is InChI=1S/C17H12ClFN2O3/c1-10(16(22)21-13-5-2-11(9-20)3-6-13)24-17(23)14-8-12(18)4-7-15(14)19/h2-8,10H,1H3,(H,21,22)/t10-/m0/s1. The highest BCUT2D eigenvalue weighted by Gasteiger charge is 2.21. The predicted molar refractivity (Wildman–Crippen MR) is 86.1 cm³/mol. The first-order valence-corrected chi connectivity index (χ1v) is 7.25. The fourth-order valence-corrected chi connectivity index (χ4v) is 1.98. The van der Waals surface area contributed by atoms with Crippen LogP contribution in [0.5, 0.6) is 0 Å². The smallest absolute Gasteiger partial charge is 0.341 e. The lowest BCUT2D eigenvalue weighted by atomic mass is 10.2. The first-order valence-electron chi connectivity index (χ1n) is 6.88. The maximum Gasteiger partial charge on any atom is 0.341 e. The number of hydrogen-bond acceptors (Lipinski definition) is 4. The van der Waals surface area contributed by atoms with Gasteiger partial charge >= 0.3 is 5.97 Å². The van der Waals surface area contributed by atoms with Gasteiger partial charge in [0.1, 0.15) is 5.82 Å². The number of ether oxygens (including phenoxy) is 1. The highest BCUT2D eigenvalue weighted by molar-refractivity contribution is 6.30. The van der Waals surface area contributed by atoms with Gasteiger partial charge in [0, 0.05) is 10.7 Å². The van der Waals surface area contributed by atoms with E-state index >= 15 is 0 Å². The number of rotatable bonds is 4. The van der Waals surface area contributed by atoms with Gasteiger partial charge in [-0.15, -0.1) is 0 Å². The Morgan fingerprint density at radius 1 is 1.25 bits per heavy atom. The van der Waals surface area contributed by atoms with Gasteiger partial charge in [-0.25, -0.2) is 9.18 Å². The average molecular weight is 347 g/mol. The highest BCUT2D eigenvalue weighted by Crippen LogP contribution is 2.17. The minimum Gasteiger partial charge on any atom is -0.449 e. The molecule has 0 fully saturated rings. The maximum absolute atomic E-state index is 13.6. The van der Waals surface area contributed by atoms with Gasteiger partial charge in [-0.2, -0.15) is 5.26 Å². The number of nitrogens with zero attached hydrogens (tertiary/aromatic N) is 1. The van der Waals surface area contributed by atoms with Crippen molar-refractivity contribution in [3.8, 4) is 6.07 Å². The van der Waals surface area contributed by atoms with Gasteiger partial charge < -0.3 is 10.1 Å². The van der Waals surface area contributed by atoms with E-state index in [9.17, 15) is 14.0 Å². The van der Waals surface area contributed by atoms with E-state index in [2.05, 4.69) is 5.32 Å². The molecule has 122 valence electrons.